The van der Waals surface area contributed by atoms with E-state index in [1.54, 1.807) is 13.2 Å². The predicted octanol–water partition coefficient (Wildman–Crippen LogP) is 3.22. The van der Waals surface area contributed by atoms with Gasteiger partial charge in [-0.05, 0) is 42.8 Å². The van der Waals surface area contributed by atoms with Crippen LogP contribution >= 0.6 is 11.6 Å². The Balaban J connectivity index is 1.46. The number of nitrogens with zero attached hydrogens (tertiary/aromatic N) is 2. The normalized spacial score (nSPS) is 16.2. The van der Waals surface area contributed by atoms with E-state index in [2.05, 4.69) is 15.9 Å². The molecule has 1 aliphatic rings. The summed E-state index contributed by atoms with van der Waals surface area (Å²) in [6.07, 6.45) is -0.530. The highest BCUT2D eigenvalue weighted by Crippen LogP contribution is 2.28. The zero-order chi connectivity index (χ0) is 19.2. The second-order valence-corrected chi connectivity index (χ2v) is 7.27. The Morgan fingerprint density at radius 1 is 1.07 bits per heavy atom. The lowest BCUT2D eigenvalue weighted by Crippen LogP contribution is -2.49. The summed E-state index contributed by atoms with van der Waals surface area (Å²) in [6.45, 7) is 6.44. The van der Waals surface area contributed by atoms with Gasteiger partial charge in [-0.1, -0.05) is 23.7 Å². The van der Waals surface area contributed by atoms with Gasteiger partial charge in [0.2, 0.25) is 0 Å². The first-order valence-corrected chi connectivity index (χ1v) is 9.62. The van der Waals surface area contributed by atoms with E-state index in [1.807, 2.05) is 37.3 Å². The van der Waals surface area contributed by atoms with Gasteiger partial charge in [0.05, 0.1) is 12.8 Å². The van der Waals surface area contributed by atoms with Gasteiger partial charge in [0.25, 0.3) is 0 Å². The first kappa shape index (κ1) is 19.8. The number of hydrogen-bond donors (Lipinski definition) is 1. The summed E-state index contributed by atoms with van der Waals surface area (Å²) in [6, 6.07) is 13.6. The molecule has 1 fully saturated rings. The summed E-state index contributed by atoms with van der Waals surface area (Å²) in [5.74, 6) is 1.66. The SMILES string of the molecule is COc1ccccc1N1CCN(C[C@@H](O)COc2ccc(Cl)cc2C)CC1. The number of halogens is 1. The van der Waals surface area contributed by atoms with Crippen LogP contribution in [0.2, 0.25) is 5.02 Å². The van der Waals surface area contributed by atoms with Crippen molar-refractivity contribution in [3.63, 3.8) is 0 Å². The molecule has 0 aliphatic carbocycles. The van der Waals surface area contributed by atoms with Crippen molar-refractivity contribution in [2.45, 2.75) is 13.0 Å². The van der Waals surface area contributed by atoms with E-state index in [9.17, 15) is 5.11 Å². The Morgan fingerprint density at radius 2 is 1.81 bits per heavy atom. The molecule has 1 saturated heterocycles. The van der Waals surface area contributed by atoms with Gasteiger partial charge in [-0.3, -0.25) is 4.90 Å². The average molecular weight is 391 g/mol. The number of anilines is 1. The number of para-hydroxylation sites is 2. The van der Waals surface area contributed by atoms with E-state index in [-0.39, 0.29) is 6.61 Å². The molecule has 27 heavy (non-hydrogen) atoms. The van der Waals surface area contributed by atoms with Crippen molar-refractivity contribution in [1.82, 2.24) is 4.90 Å². The molecule has 6 heteroatoms. The molecule has 1 atom stereocenters. The highest BCUT2D eigenvalue weighted by atomic mass is 35.5. The van der Waals surface area contributed by atoms with Crippen LogP contribution in [0.3, 0.4) is 0 Å². The second kappa shape index (κ2) is 9.31. The molecule has 0 unspecified atom stereocenters. The molecule has 2 aromatic carbocycles. The van der Waals surface area contributed by atoms with Crippen LogP contribution in [0.5, 0.6) is 11.5 Å². The fourth-order valence-corrected chi connectivity index (χ4v) is 3.60. The van der Waals surface area contributed by atoms with Crippen molar-refractivity contribution in [1.29, 1.82) is 0 Å². The highest BCUT2D eigenvalue weighted by molar-refractivity contribution is 6.30. The minimum absolute atomic E-state index is 0.273. The Hall–Kier alpha value is -1.95. The van der Waals surface area contributed by atoms with Crippen molar-refractivity contribution in [2.24, 2.45) is 0 Å². The Bertz CT molecular complexity index is 748. The zero-order valence-corrected chi connectivity index (χ0v) is 16.7. The maximum atomic E-state index is 10.3. The largest absolute Gasteiger partial charge is 0.495 e. The van der Waals surface area contributed by atoms with Crippen molar-refractivity contribution in [2.75, 3.05) is 51.3 Å². The number of β-amino-alcohol motifs (C(OH)–C–C–N with tert-alkyl or cyclic N) is 1. The summed E-state index contributed by atoms with van der Waals surface area (Å²) in [5.41, 5.74) is 2.10. The highest BCUT2D eigenvalue weighted by Gasteiger charge is 2.21. The Morgan fingerprint density at radius 3 is 2.52 bits per heavy atom. The number of aliphatic hydroxyl groups is 1. The summed E-state index contributed by atoms with van der Waals surface area (Å²) in [5, 5.41) is 11.0. The summed E-state index contributed by atoms with van der Waals surface area (Å²) in [4.78, 5) is 4.60. The van der Waals surface area contributed by atoms with Gasteiger partial charge in [0, 0.05) is 37.7 Å². The number of piperazine rings is 1. The smallest absolute Gasteiger partial charge is 0.142 e. The molecule has 1 N–H and O–H groups in total. The quantitative estimate of drug-likeness (QED) is 0.786. The van der Waals surface area contributed by atoms with Crippen LogP contribution < -0.4 is 14.4 Å². The van der Waals surface area contributed by atoms with Crippen LogP contribution in [0, 0.1) is 6.92 Å². The maximum Gasteiger partial charge on any atom is 0.142 e. The van der Waals surface area contributed by atoms with Gasteiger partial charge in [0.15, 0.2) is 0 Å². The maximum absolute atomic E-state index is 10.3. The minimum Gasteiger partial charge on any atom is -0.495 e. The van der Waals surface area contributed by atoms with E-state index < -0.39 is 6.10 Å². The number of aliphatic hydroxyl groups excluding tert-OH is 1. The van der Waals surface area contributed by atoms with Crippen molar-refractivity contribution < 1.29 is 14.6 Å². The third kappa shape index (κ3) is 5.28. The Labute approximate surface area is 166 Å². The summed E-state index contributed by atoms with van der Waals surface area (Å²) in [7, 11) is 1.70. The average Bonchev–Trinajstić information content (AvgIpc) is 2.68. The first-order valence-electron chi connectivity index (χ1n) is 9.24. The lowest BCUT2D eigenvalue weighted by atomic mass is 10.2. The fraction of sp³-hybridized carbons (Fsp3) is 0.429. The standard InChI is InChI=1S/C21H27ClN2O3/c1-16-13-17(22)7-8-20(16)27-15-18(25)14-23-9-11-24(12-10-23)19-5-3-4-6-21(19)26-2/h3-8,13,18,25H,9-12,14-15H2,1-2H3/t18-/m1/s1. The summed E-state index contributed by atoms with van der Waals surface area (Å²) >= 11 is 5.96. The second-order valence-electron chi connectivity index (χ2n) is 6.83. The van der Waals surface area contributed by atoms with E-state index in [0.717, 1.165) is 48.9 Å². The topological polar surface area (TPSA) is 45.2 Å². The Kier molecular flexibility index (Phi) is 6.83. The van der Waals surface area contributed by atoms with E-state index in [1.165, 1.54) is 0 Å². The molecule has 0 bridgehead atoms. The molecule has 2 aromatic rings. The monoisotopic (exact) mass is 390 g/mol. The van der Waals surface area contributed by atoms with Crippen LogP contribution in [0.25, 0.3) is 0 Å². The molecular formula is C21H27ClN2O3. The van der Waals surface area contributed by atoms with Crippen LogP contribution in [0.15, 0.2) is 42.5 Å². The number of aryl methyl sites for hydroxylation is 1. The number of rotatable bonds is 7. The molecule has 0 radical (unpaired) electrons. The molecule has 1 aliphatic heterocycles. The number of methoxy groups -OCH3 is 1. The van der Waals surface area contributed by atoms with Crippen LogP contribution in [0.1, 0.15) is 5.56 Å². The molecule has 0 spiro atoms. The molecule has 0 saturated carbocycles. The van der Waals surface area contributed by atoms with Gasteiger partial charge < -0.3 is 19.5 Å². The van der Waals surface area contributed by atoms with Gasteiger partial charge in [0.1, 0.15) is 24.2 Å². The summed E-state index contributed by atoms with van der Waals surface area (Å²) < 4.78 is 11.2. The van der Waals surface area contributed by atoms with Gasteiger partial charge in [-0.15, -0.1) is 0 Å². The molecule has 5 nitrogen and oxygen atoms in total. The molecule has 146 valence electrons. The molecule has 1 heterocycles. The lowest BCUT2D eigenvalue weighted by Gasteiger charge is -2.37. The van der Waals surface area contributed by atoms with E-state index in [4.69, 9.17) is 21.1 Å². The first-order chi connectivity index (χ1) is 13.1. The fourth-order valence-electron chi connectivity index (χ4n) is 3.37. The van der Waals surface area contributed by atoms with Gasteiger partial charge >= 0.3 is 0 Å². The zero-order valence-electron chi connectivity index (χ0n) is 15.9. The van der Waals surface area contributed by atoms with E-state index >= 15 is 0 Å². The predicted molar refractivity (Wildman–Crippen MR) is 109 cm³/mol. The van der Waals surface area contributed by atoms with Crippen molar-refractivity contribution in [3.8, 4) is 11.5 Å². The number of hydrogen-bond acceptors (Lipinski definition) is 5. The van der Waals surface area contributed by atoms with Crippen molar-refractivity contribution >= 4 is 17.3 Å². The van der Waals surface area contributed by atoms with Crippen LogP contribution in [-0.4, -0.2) is 62.6 Å². The number of benzene rings is 2. The van der Waals surface area contributed by atoms with Crippen molar-refractivity contribution in [3.05, 3.63) is 53.1 Å². The molecule has 3 rings (SSSR count). The minimum atomic E-state index is -0.530. The molecule has 0 amide bonds. The van der Waals surface area contributed by atoms with Crippen LogP contribution in [-0.2, 0) is 0 Å². The van der Waals surface area contributed by atoms with Crippen LogP contribution in [0.4, 0.5) is 5.69 Å². The van der Waals surface area contributed by atoms with Gasteiger partial charge in [-0.2, -0.15) is 0 Å². The third-order valence-corrected chi connectivity index (χ3v) is 5.07. The number of ether oxygens (including phenoxy) is 2. The third-order valence-electron chi connectivity index (χ3n) is 4.84. The van der Waals surface area contributed by atoms with E-state index in [0.29, 0.717) is 11.6 Å². The molecular weight excluding hydrogens is 364 g/mol. The lowest BCUT2D eigenvalue weighted by molar-refractivity contribution is 0.0660. The van der Waals surface area contributed by atoms with Gasteiger partial charge in [-0.25, -0.2) is 0 Å². The molecule has 0 aromatic heterocycles.